The highest BCUT2D eigenvalue weighted by Crippen LogP contribution is 2.38. The summed E-state index contributed by atoms with van der Waals surface area (Å²) in [4.78, 5) is 17.0. The molecule has 122 valence electrons. The normalized spacial score (nSPS) is 17.8. The van der Waals surface area contributed by atoms with Crippen LogP contribution >= 0.6 is 11.3 Å². The average Bonchev–Trinajstić information content (AvgIpc) is 3.18. The smallest absolute Gasteiger partial charge is 0.226 e. The topological polar surface area (TPSA) is 68.0 Å². The number of benzene rings is 1. The number of thiazole rings is 1. The molecule has 1 aromatic carbocycles. The lowest BCUT2D eigenvalue weighted by atomic mass is 9.88. The van der Waals surface area contributed by atoms with E-state index in [0.29, 0.717) is 6.42 Å². The molecule has 4 nitrogen and oxygen atoms in total. The van der Waals surface area contributed by atoms with E-state index in [-0.39, 0.29) is 17.5 Å². The van der Waals surface area contributed by atoms with Crippen LogP contribution in [0.5, 0.6) is 0 Å². The number of nitrogens with two attached hydrogens (primary N) is 1. The van der Waals surface area contributed by atoms with Crippen LogP contribution in [0.3, 0.4) is 0 Å². The molecule has 3 rings (SSSR count). The van der Waals surface area contributed by atoms with Crippen LogP contribution in [-0.4, -0.2) is 10.9 Å². The number of aromatic nitrogens is 1. The third-order valence-corrected chi connectivity index (χ3v) is 5.56. The second-order valence-electron chi connectivity index (χ2n) is 6.35. The van der Waals surface area contributed by atoms with Gasteiger partial charge in [0.2, 0.25) is 5.91 Å². The minimum absolute atomic E-state index is 0.0391. The second-order valence-corrected chi connectivity index (χ2v) is 7.24. The van der Waals surface area contributed by atoms with E-state index in [9.17, 15) is 4.79 Å². The molecule has 0 radical (unpaired) electrons. The number of nitrogens with one attached hydrogen (secondary N) is 1. The largest absolute Gasteiger partial charge is 0.346 e. The summed E-state index contributed by atoms with van der Waals surface area (Å²) in [5.41, 5.74) is 7.64. The number of hydrogen-bond donors (Lipinski definition) is 2. The van der Waals surface area contributed by atoms with Crippen LogP contribution in [-0.2, 0) is 16.8 Å². The van der Waals surface area contributed by atoms with Crippen LogP contribution in [0, 0.1) is 0 Å². The molecule has 1 aromatic heterocycles. The Morgan fingerprint density at radius 2 is 2.04 bits per heavy atom. The maximum atomic E-state index is 12.5. The van der Waals surface area contributed by atoms with Crippen molar-refractivity contribution in [3.05, 3.63) is 52.0 Å². The van der Waals surface area contributed by atoms with Gasteiger partial charge in [-0.15, -0.1) is 11.3 Å². The van der Waals surface area contributed by atoms with Crippen LogP contribution in [0.15, 0.2) is 35.7 Å². The number of amides is 1. The Labute approximate surface area is 141 Å². The predicted molar refractivity (Wildman–Crippen MR) is 93.2 cm³/mol. The number of hydrogen-bond acceptors (Lipinski definition) is 4. The van der Waals surface area contributed by atoms with Crippen molar-refractivity contribution in [3.63, 3.8) is 0 Å². The van der Waals surface area contributed by atoms with Crippen LogP contribution in [0.4, 0.5) is 0 Å². The molecule has 0 spiro atoms. The van der Waals surface area contributed by atoms with Crippen molar-refractivity contribution >= 4 is 17.2 Å². The van der Waals surface area contributed by atoms with Gasteiger partial charge < -0.3 is 11.1 Å². The Balaban J connectivity index is 1.72. The first-order chi connectivity index (χ1) is 11.1. The SMILES string of the molecule is CC(N)c1nc(CC(=O)NC2(c3ccccc3)CCCC2)cs1. The first kappa shape index (κ1) is 16.1. The van der Waals surface area contributed by atoms with Crippen molar-refractivity contribution in [1.29, 1.82) is 0 Å². The van der Waals surface area contributed by atoms with Gasteiger partial charge in [-0.2, -0.15) is 0 Å². The third kappa shape index (κ3) is 3.62. The third-order valence-electron chi connectivity index (χ3n) is 4.46. The van der Waals surface area contributed by atoms with Crippen LogP contribution in [0.25, 0.3) is 0 Å². The van der Waals surface area contributed by atoms with Crippen LogP contribution in [0.2, 0.25) is 0 Å². The van der Waals surface area contributed by atoms with E-state index in [1.165, 1.54) is 16.9 Å². The van der Waals surface area contributed by atoms with Crippen molar-refractivity contribution in [1.82, 2.24) is 10.3 Å². The van der Waals surface area contributed by atoms with E-state index >= 15 is 0 Å². The molecule has 2 aromatic rings. The molecule has 1 saturated carbocycles. The molecule has 0 bridgehead atoms. The molecular weight excluding hydrogens is 306 g/mol. The lowest BCUT2D eigenvalue weighted by molar-refractivity contribution is -0.122. The van der Waals surface area contributed by atoms with Gasteiger partial charge in [-0.1, -0.05) is 43.2 Å². The first-order valence-electron chi connectivity index (χ1n) is 8.15. The summed E-state index contributed by atoms with van der Waals surface area (Å²) in [6, 6.07) is 10.2. The zero-order chi connectivity index (χ0) is 16.3. The summed E-state index contributed by atoms with van der Waals surface area (Å²) in [6.07, 6.45) is 4.63. The maximum Gasteiger partial charge on any atom is 0.226 e. The Morgan fingerprint density at radius 3 is 2.65 bits per heavy atom. The monoisotopic (exact) mass is 329 g/mol. The second kappa shape index (κ2) is 6.81. The summed E-state index contributed by atoms with van der Waals surface area (Å²) in [7, 11) is 0. The van der Waals surface area contributed by atoms with E-state index < -0.39 is 0 Å². The number of carbonyl (C=O) groups is 1. The van der Waals surface area contributed by atoms with E-state index in [1.54, 1.807) is 0 Å². The van der Waals surface area contributed by atoms with Crippen molar-refractivity contribution < 1.29 is 4.79 Å². The van der Waals surface area contributed by atoms with Crippen LogP contribution in [0.1, 0.15) is 54.9 Å². The van der Waals surface area contributed by atoms with Crippen molar-refractivity contribution in [2.24, 2.45) is 5.73 Å². The lowest BCUT2D eigenvalue weighted by Gasteiger charge is -2.31. The van der Waals surface area contributed by atoms with Crippen molar-refractivity contribution in [3.8, 4) is 0 Å². The maximum absolute atomic E-state index is 12.5. The van der Waals surface area contributed by atoms with E-state index in [0.717, 1.165) is 36.4 Å². The molecule has 0 aliphatic heterocycles. The average molecular weight is 329 g/mol. The fourth-order valence-electron chi connectivity index (χ4n) is 3.31. The first-order valence-corrected chi connectivity index (χ1v) is 9.03. The predicted octanol–water partition coefficient (Wildman–Crippen LogP) is 3.29. The Hall–Kier alpha value is -1.72. The van der Waals surface area contributed by atoms with Crippen molar-refractivity contribution in [2.45, 2.75) is 50.6 Å². The quantitative estimate of drug-likeness (QED) is 0.884. The number of rotatable bonds is 5. The summed E-state index contributed by atoms with van der Waals surface area (Å²) in [6.45, 7) is 1.91. The molecule has 3 N–H and O–H groups in total. The fourth-order valence-corrected chi connectivity index (χ4v) is 4.09. The van der Waals surface area contributed by atoms with Gasteiger partial charge in [-0.05, 0) is 25.3 Å². The van der Waals surface area contributed by atoms with E-state index in [4.69, 9.17) is 5.73 Å². The Morgan fingerprint density at radius 1 is 1.35 bits per heavy atom. The molecular formula is C18H23N3OS. The van der Waals surface area contributed by atoms with Gasteiger partial charge in [0.1, 0.15) is 5.01 Å². The lowest BCUT2D eigenvalue weighted by Crippen LogP contribution is -2.44. The molecule has 0 saturated heterocycles. The molecule has 5 heteroatoms. The van der Waals surface area contributed by atoms with Gasteiger partial charge in [0.05, 0.1) is 23.7 Å². The molecule has 1 atom stereocenters. The highest BCUT2D eigenvalue weighted by atomic mass is 32.1. The zero-order valence-electron chi connectivity index (χ0n) is 13.4. The van der Waals surface area contributed by atoms with E-state index in [2.05, 4.69) is 22.4 Å². The molecule has 1 aliphatic rings. The number of carbonyl (C=O) groups excluding carboxylic acids is 1. The Kier molecular flexibility index (Phi) is 4.78. The fraction of sp³-hybridized carbons (Fsp3) is 0.444. The van der Waals surface area contributed by atoms with E-state index in [1.807, 2.05) is 30.5 Å². The molecule has 1 fully saturated rings. The summed E-state index contributed by atoms with van der Waals surface area (Å²) in [5, 5.41) is 6.10. The molecule has 1 unspecified atom stereocenters. The molecule has 1 amide bonds. The molecule has 23 heavy (non-hydrogen) atoms. The van der Waals surface area contributed by atoms with Crippen molar-refractivity contribution in [2.75, 3.05) is 0 Å². The zero-order valence-corrected chi connectivity index (χ0v) is 14.2. The minimum Gasteiger partial charge on any atom is -0.346 e. The van der Waals surface area contributed by atoms with Gasteiger partial charge in [0.25, 0.3) is 0 Å². The number of nitrogens with zero attached hydrogens (tertiary/aromatic N) is 1. The van der Waals surface area contributed by atoms with Gasteiger partial charge in [-0.25, -0.2) is 4.98 Å². The Bertz CT molecular complexity index is 660. The highest BCUT2D eigenvalue weighted by Gasteiger charge is 2.36. The van der Waals surface area contributed by atoms with Gasteiger partial charge in [-0.3, -0.25) is 4.79 Å². The molecule has 1 heterocycles. The van der Waals surface area contributed by atoms with Crippen LogP contribution < -0.4 is 11.1 Å². The molecule has 1 aliphatic carbocycles. The van der Waals surface area contributed by atoms with Gasteiger partial charge in [0.15, 0.2) is 0 Å². The summed E-state index contributed by atoms with van der Waals surface area (Å²) in [5.74, 6) is 0.0391. The van der Waals surface area contributed by atoms with Gasteiger partial charge >= 0.3 is 0 Å². The summed E-state index contributed by atoms with van der Waals surface area (Å²) < 4.78 is 0. The highest BCUT2D eigenvalue weighted by molar-refractivity contribution is 7.09. The summed E-state index contributed by atoms with van der Waals surface area (Å²) >= 11 is 1.52. The van der Waals surface area contributed by atoms with Gasteiger partial charge in [0, 0.05) is 5.38 Å². The minimum atomic E-state index is -0.210. The standard InChI is InChI=1S/C18H23N3OS/c1-13(19)17-20-15(12-23-17)11-16(22)21-18(9-5-6-10-18)14-7-3-2-4-8-14/h2-4,7-8,12-13H,5-6,9-11,19H2,1H3,(H,21,22).